The third kappa shape index (κ3) is 4.37. The number of hydrogen-bond donors (Lipinski definition) is 0. The van der Waals surface area contributed by atoms with Gasteiger partial charge in [0.15, 0.2) is 0 Å². The Labute approximate surface area is 401 Å². The molecular weight excluding hydrogens is 833 g/mol. The molecule has 0 fully saturated rings. The lowest BCUT2D eigenvalue weighted by Crippen LogP contribution is -2.25. The van der Waals surface area contributed by atoms with Crippen molar-refractivity contribution in [1.29, 1.82) is 0 Å². The maximum atomic E-state index is 2.55. The van der Waals surface area contributed by atoms with E-state index in [-0.39, 0.29) is 10.8 Å². The van der Waals surface area contributed by atoms with E-state index >= 15 is 0 Å². The minimum Gasteiger partial charge on any atom is -0.309 e. The Morgan fingerprint density at radius 3 is 1.06 bits per heavy atom. The first-order valence-corrected chi connectivity index (χ1v) is 24.6. The van der Waals surface area contributed by atoms with Crippen molar-refractivity contribution in [1.82, 2.24) is 9.13 Å². The van der Waals surface area contributed by atoms with Crippen LogP contribution in [0.5, 0.6) is 0 Å². The van der Waals surface area contributed by atoms with Crippen LogP contribution in [0.15, 0.2) is 206 Å². The van der Waals surface area contributed by atoms with Gasteiger partial charge in [-0.25, -0.2) is 0 Å². The van der Waals surface area contributed by atoms with Crippen LogP contribution < -0.4 is 0 Å². The molecule has 0 atom stereocenters. The Kier molecular flexibility index (Phi) is 6.94. The smallest absolute Gasteiger partial charge is 0.0726 e. The fourth-order valence-electron chi connectivity index (χ4n) is 14.4. The van der Waals surface area contributed by atoms with Crippen molar-refractivity contribution < 1.29 is 0 Å². The summed E-state index contributed by atoms with van der Waals surface area (Å²) in [4.78, 5) is 0. The first kappa shape index (κ1) is 37.8. The Morgan fingerprint density at radius 1 is 0.275 bits per heavy atom. The van der Waals surface area contributed by atoms with Crippen LogP contribution in [0.3, 0.4) is 0 Å². The molecule has 69 heavy (non-hydrogen) atoms. The molecule has 324 valence electrons. The summed E-state index contributed by atoms with van der Waals surface area (Å²) < 4.78 is 5.11. The van der Waals surface area contributed by atoms with Crippen LogP contribution in [0, 0.1) is 0 Å². The lowest BCUT2D eigenvalue weighted by Gasteiger charge is -2.30. The van der Waals surface area contributed by atoms with E-state index in [0.29, 0.717) is 0 Å². The van der Waals surface area contributed by atoms with Gasteiger partial charge in [-0.1, -0.05) is 185 Å². The van der Waals surface area contributed by atoms with Gasteiger partial charge in [-0.05, 0) is 138 Å². The van der Waals surface area contributed by atoms with E-state index in [9.17, 15) is 0 Å². The number of hydrogen-bond acceptors (Lipinski definition) is 0. The molecule has 10 aromatic carbocycles. The van der Waals surface area contributed by atoms with Crippen molar-refractivity contribution in [2.75, 3.05) is 0 Å². The molecule has 2 heteroatoms. The molecule has 0 saturated carbocycles. The molecule has 16 rings (SSSR count). The van der Waals surface area contributed by atoms with Crippen molar-refractivity contribution in [2.45, 2.75) is 43.9 Å². The highest BCUT2D eigenvalue weighted by Gasteiger charge is 2.53. The molecule has 0 N–H and O–H groups in total. The second-order valence-corrected chi connectivity index (χ2v) is 21.1. The number of aromatic nitrogens is 2. The van der Waals surface area contributed by atoms with E-state index in [0.717, 1.165) is 0 Å². The van der Waals surface area contributed by atoms with Gasteiger partial charge in [-0.3, -0.25) is 0 Å². The lowest BCUT2D eigenvalue weighted by molar-refractivity contribution is 0.660. The van der Waals surface area contributed by atoms with Crippen molar-refractivity contribution in [3.05, 3.63) is 251 Å². The number of nitrogens with zero attached hydrogens (tertiary/aromatic N) is 2. The molecule has 4 aliphatic carbocycles. The van der Waals surface area contributed by atoms with Crippen LogP contribution in [-0.2, 0) is 16.2 Å². The summed E-state index contributed by atoms with van der Waals surface area (Å²) in [5.74, 6) is 0. The molecule has 2 aromatic heterocycles. The van der Waals surface area contributed by atoms with Gasteiger partial charge in [0.05, 0.1) is 27.5 Å². The quantitative estimate of drug-likeness (QED) is 0.164. The highest BCUT2D eigenvalue weighted by molar-refractivity contribution is 6.26. The topological polar surface area (TPSA) is 9.86 Å². The lowest BCUT2D eigenvalue weighted by atomic mass is 9.70. The van der Waals surface area contributed by atoms with Crippen molar-refractivity contribution in [3.63, 3.8) is 0 Å². The maximum Gasteiger partial charge on any atom is 0.0726 e. The zero-order chi connectivity index (χ0) is 45.7. The molecular formula is C67H46N2. The second kappa shape index (κ2) is 12.7. The summed E-state index contributed by atoms with van der Waals surface area (Å²) in [5.41, 5.74) is 28.2. The summed E-state index contributed by atoms with van der Waals surface area (Å²) >= 11 is 0. The standard InChI is InChI=1S/C67H46N2/c1-65(2)49-23-11-5-17-41(49)45-31-29-39(37-55(45)65)68-57-27-15-9-21-47(57)61-59(68)35-33-53-63(61)64-54(67(53)51-25-13-7-19-43(51)44-20-8-14-26-52(44)67)34-36-60-62(64)48-22-10-16-28-58(48)69(60)40-30-32-46-42-18-6-12-24-50(42)66(3,4)56(46)38-40/h5-38H,1-4H3. The summed E-state index contributed by atoms with van der Waals surface area (Å²) in [6.45, 7) is 9.55. The highest BCUT2D eigenvalue weighted by atomic mass is 15.0. The van der Waals surface area contributed by atoms with Crippen LogP contribution in [0.1, 0.15) is 72.2 Å². The van der Waals surface area contributed by atoms with Gasteiger partial charge in [-0.15, -0.1) is 0 Å². The minimum atomic E-state index is -0.515. The van der Waals surface area contributed by atoms with Crippen LogP contribution in [0.25, 0.3) is 99.5 Å². The third-order valence-electron chi connectivity index (χ3n) is 17.3. The van der Waals surface area contributed by atoms with Gasteiger partial charge in [-0.2, -0.15) is 0 Å². The summed E-state index contributed by atoms with van der Waals surface area (Å²) in [6.07, 6.45) is 0. The summed E-state index contributed by atoms with van der Waals surface area (Å²) in [5, 5.41) is 5.17. The Bertz CT molecular complexity index is 4040. The largest absolute Gasteiger partial charge is 0.309 e. The zero-order valence-electron chi connectivity index (χ0n) is 39.0. The second-order valence-electron chi connectivity index (χ2n) is 21.1. The third-order valence-corrected chi connectivity index (χ3v) is 17.3. The van der Waals surface area contributed by atoms with Crippen LogP contribution in [-0.4, -0.2) is 9.13 Å². The van der Waals surface area contributed by atoms with Crippen molar-refractivity contribution in [3.8, 4) is 55.9 Å². The number of para-hydroxylation sites is 2. The first-order valence-electron chi connectivity index (χ1n) is 24.6. The maximum absolute atomic E-state index is 2.55. The fraction of sp³-hybridized carbons (Fsp3) is 0.104. The van der Waals surface area contributed by atoms with Crippen LogP contribution >= 0.6 is 0 Å². The van der Waals surface area contributed by atoms with Gasteiger partial charge in [0.1, 0.15) is 0 Å². The van der Waals surface area contributed by atoms with Gasteiger partial charge in [0, 0.05) is 43.7 Å². The van der Waals surface area contributed by atoms with Gasteiger partial charge in [0.25, 0.3) is 0 Å². The molecule has 4 aliphatic rings. The molecule has 12 aromatic rings. The van der Waals surface area contributed by atoms with Crippen LogP contribution in [0.2, 0.25) is 0 Å². The average molecular weight is 879 g/mol. The Hall–Kier alpha value is -8.20. The molecule has 0 saturated heterocycles. The van der Waals surface area contributed by atoms with Gasteiger partial charge < -0.3 is 9.13 Å². The van der Waals surface area contributed by atoms with E-state index in [1.165, 1.54) is 144 Å². The minimum absolute atomic E-state index is 0.116. The number of rotatable bonds is 2. The molecule has 0 radical (unpaired) electrons. The predicted molar refractivity (Wildman–Crippen MR) is 287 cm³/mol. The summed E-state index contributed by atoms with van der Waals surface area (Å²) in [7, 11) is 0. The monoisotopic (exact) mass is 878 g/mol. The molecule has 2 heterocycles. The fourth-order valence-corrected chi connectivity index (χ4v) is 14.4. The molecule has 0 unspecified atom stereocenters. The molecule has 1 spiro atoms. The van der Waals surface area contributed by atoms with E-state index in [1.807, 2.05) is 0 Å². The first-order chi connectivity index (χ1) is 33.8. The SMILES string of the molecule is CC1(C)c2ccccc2-c2ccc(-n3c4ccccc4c4c5c(ccc43)C3(c4ccccc4-c4ccccc43)c3ccc4c(c3-5)c3ccccc3n4-c3ccc4c(c3)C(C)(C)c3ccccc3-4)cc21. The Morgan fingerprint density at radius 2 is 0.623 bits per heavy atom. The predicted octanol–water partition coefficient (Wildman–Crippen LogP) is 16.8. The van der Waals surface area contributed by atoms with E-state index < -0.39 is 5.41 Å². The summed E-state index contributed by atoms with van der Waals surface area (Å²) in [6, 6.07) is 79.0. The van der Waals surface area contributed by atoms with Gasteiger partial charge in [0.2, 0.25) is 0 Å². The molecule has 0 amide bonds. The Balaban J connectivity index is 1.04. The average Bonchev–Trinajstić information content (AvgIpc) is 4.18. The number of fused-ring (bicyclic) bond motifs is 24. The van der Waals surface area contributed by atoms with E-state index in [1.54, 1.807) is 0 Å². The van der Waals surface area contributed by atoms with Gasteiger partial charge >= 0.3 is 0 Å². The zero-order valence-corrected chi connectivity index (χ0v) is 39.0. The van der Waals surface area contributed by atoms with E-state index in [2.05, 4.69) is 243 Å². The molecule has 0 bridgehead atoms. The van der Waals surface area contributed by atoms with E-state index in [4.69, 9.17) is 0 Å². The van der Waals surface area contributed by atoms with Crippen molar-refractivity contribution >= 4 is 43.6 Å². The van der Waals surface area contributed by atoms with Crippen molar-refractivity contribution in [2.24, 2.45) is 0 Å². The van der Waals surface area contributed by atoms with Crippen LogP contribution in [0.4, 0.5) is 0 Å². The number of benzene rings is 10. The molecule has 0 aliphatic heterocycles. The highest BCUT2D eigenvalue weighted by Crippen LogP contribution is 2.66. The normalized spacial score (nSPS) is 15.6. The molecule has 2 nitrogen and oxygen atoms in total.